The minimum atomic E-state index is 0. The van der Waals surface area contributed by atoms with Gasteiger partial charge < -0.3 is 101 Å². The zero-order valence-electron chi connectivity index (χ0n) is 23.5. The van der Waals surface area contributed by atoms with Gasteiger partial charge in [0, 0.05) is 37.8 Å². The van der Waals surface area contributed by atoms with Crippen molar-refractivity contribution in [2.75, 3.05) is 52.4 Å². The molecule has 0 saturated heterocycles. The van der Waals surface area contributed by atoms with Gasteiger partial charge in [-0.1, -0.05) is 24.3 Å². The molecule has 40 heavy (non-hydrogen) atoms. The lowest BCUT2D eigenvalue weighted by Crippen LogP contribution is -3.00. The second kappa shape index (κ2) is 30.1. The monoisotopic (exact) mass is 680 g/mol. The molecule has 0 saturated carbocycles. The van der Waals surface area contributed by atoms with E-state index in [0.29, 0.717) is 0 Å². The van der Waals surface area contributed by atoms with Gasteiger partial charge in [0.05, 0.1) is 52.4 Å². The average Bonchev–Trinajstić information content (AvgIpc) is 2.87. The summed E-state index contributed by atoms with van der Waals surface area (Å²) in [6.45, 7) is 9.90. The Morgan fingerprint density at radius 2 is 0.875 bits per heavy atom. The standard InChI is InChI=1S/C28H44N6.6ClH/c29-16-10-20-30-18-8-9-19-32-22-11-21-31-17-6-1-7-23-33-28-24-12-2-4-14-26(24)34-27-15-5-3-13-25(27)28;;;;;;/h2-5,12-15,30-32H,1,6-11,16-23,29H2,(H,33,34);6*1H. The molecule has 3 rings (SSSR count). The molecule has 6 nitrogen and oxygen atoms in total. The lowest BCUT2D eigenvalue weighted by atomic mass is 10.1. The van der Waals surface area contributed by atoms with E-state index in [1.54, 1.807) is 0 Å². The van der Waals surface area contributed by atoms with Crippen molar-refractivity contribution in [2.24, 2.45) is 0 Å². The summed E-state index contributed by atoms with van der Waals surface area (Å²) >= 11 is 0. The molecule has 0 aliphatic heterocycles. The first-order chi connectivity index (χ1) is 16.9. The summed E-state index contributed by atoms with van der Waals surface area (Å²) in [5, 5.41) is 12.6. The molecule has 12 heteroatoms. The lowest BCUT2D eigenvalue weighted by Gasteiger charge is -2.06. The van der Waals surface area contributed by atoms with Crippen LogP contribution in [0.4, 0.5) is 5.69 Å². The number of nitrogens with two attached hydrogens (primary N) is 4. The Morgan fingerprint density at radius 3 is 1.38 bits per heavy atom. The van der Waals surface area contributed by atoms with Gasteiger partial charge in [-0.25, -0.2) is 4.98 Å². The second-order valence-electron chi connectivity index (χ2n) is 9.55. The normalized spacial score (nSPS) is 9.82. The number of hydrogen-bond acceptors (Lipinski definition) is 0. The van der Waals surface area contributed by atoms with E-state index in [1.165, 1.54) is 112 Å². The first kappa shape index (κ1) is 46.6. The summed E-state index contributed by atoms with van der Waals surface area (Å²) in [6.07, 6.45) is 9.21. The summed E-state index contributed by atoms with van der Waals surface area (Å²) < 4.78 is 0. The Bertz CT molecular complexity index is 915. The van der Waals surface area contributed by atoms with Crippen molar-refractivity contribution in [1.29, 1.82) is 0 Å². The summed E-state index contributed by atoms with van der Waals surface area (Å²) in [7, 11) is 0. The third kappa shape index (κ3) is 17.6. The molecule has 0 fully saturated rings. The van der Waals surface area contributed by atoms with Crippen LogP contribution in [0.1, 0.15) is 44.9 Å². The number of halogens is 6. The first-order valence-corrected chi connectivity index (χ1v) is 13.8. The van der Waals surface area contributed by atoms with Crippen LogP contribution in [-0.2, 0) is 0 Å². The van der Waals surface area contributed by atoms with Gasteiger partial charge in [0.1, 0.15) is 10.8 Å². The number of benzene rings is 2. The Morgan fingerprint density at radius 1 is 0.475 bits per heavy atom. The first-order valence-electron chi connectivity index (χ1n) is 13.8. The van der Waals surface area contributed by atoms with E-state index < -0.39 is 0 Å². The van der Waals surface area contributed by atoms with Crippen LogP contribution in [0.3, 0.4) is 0 Å². The van der Waals surface area contributed by atoms with E-state index in [-0.39, 0.29) is 74.4 Å². The zero-order valence-corrected chi connectivity index (χ0v) is 28.0. The Labute approximate surface area is 278 Å². The SMILES string of the molecule is [Cl-].[Cl-].[Cl-].[Cl-].[Cl-].[Cl-].[NH3+]CCC[NH2+]CCCC[NH2+]CCC[NH2+]CCCCC[NH2+]c1c2ccccc2[nH+]c2ccccc12. The molecule has 1 aromatic heterocycles. The number of pyridine rings is 1. The molecule has 0 radical (unpaired) electrons. The van der Waals surface area contributed by atoms with Crippen molar-refractivity contribution in [3.63, 3.8) is 0 Å². The highest BCUT2D eigenvalue weighted by atomic mass is 35.5. The van der Waals surface area contributed by atoms with E-state index >= 15 is 0 Å². The van der Waals surface area contributed by atoms with Crippen LogP contribution in [0.2, 0.25) is 0 Å². The molecule has 0 amide bonds. The van der Waals surface area contributed by atoms with E-state index in [4.69, 9.17) is 0 Å². The molecule has 0 bridgehead atoms. The second-order valence-corrected chi connectivity index (χ2v) is 9.55. The van der Waals surface area contributed by atoms with Crippen molar-refractivity contribution in [1.82, 2.24) is 0 Å². The van der Waals surface area contributed by atoms with E-state index in [9.17, 15) is 0 Å². The fourth-order valence-electron chi connectivity index (χ4n) is 4.73. The van der Waals surface area contributed by atoms with E-state index in [0.717, 1.165) is 13.1 Å². The van der Waals surface area contributed by atoms with Crippen LogP contribution < -0.4 is 106 Å². The molecule has 3 aromatic rings. The number of para-hydroxylation sites is 2. The molecular weight excluding hydrogens is 633 g/mol. The van der Waals surface area contributed by atoms with Crippen molar-refractivity contribution in [3.8, 4) is 0 Å². The molecule has 2 aromatic carbocycles. The van der Waals surface area contributed by atoms with Gasteiger partial charge in [-0.15, -0.1) is 0 Å². The Hall–Kier alpha value is -0.350. The number of unbranched alkanes of at least 4 members (excludes halogenated alkanes) is 3. The molecule has 0 aliphatic rings. The largest absolute Gasteiger partial charge is 1.00 e. The number of fused-ring (bicyclic) bond motifs is 2. The highest BCUT2D eigenvalue weighted by Crippen LogP contribution is 2.24. The van der Waals surface area contributed by atoms with Gasteiger partial charge in [-0.2, -0.15) is 0 Å². The molecule has 12 N–H and O–H groups in total. The average molecular weight is 683 g/mol. The molecule has 0 atom stereocenters. The summed E-state index contributed by atoms with van der Waals surface area (Å²) in [5.41, 5.74) is 7.72. The predicted octanol–water partition coefficient (Wildman–Crippen LogP) is -19.3. The fraction of sp³-hybridized carbons (Fsp3) is 0.536. The highest BCUT2D eigenvalue weighted by Gasteiger charge is 2.16. The van der Waals surface area contributed by atoms with Crippen LogP contribution in [0.5, 0.6) is 0 Å². The number of quaternary nitrogens is 5. The maximum absolute atomic E-state index is 3.89. The predicted molar refractivity (Wildman–Crippen MR) is 140 cm³/mol. The number of nitrogens with one attached hydrogen (secondary N) is 1. The number of rotatable bonds is 19. The smallest absolute Gasteiger partial charge is 0.217 e. The van der Waals surface area contributed by atoms with Crippen molar-refractivity contribution < 1.29 is 106 Å². The molecule has 0 aliphatic carbocycles. The quantitative estimate of drug-likeness (QED) is 0.0613. The Kier molecular flexibility index (Phi) is 35.1. The third-order valence-electron chi connectivity index (χ3n) is 6.71. The van der Waals surface area contributed by atoms with Gasteiger partial charge in [0.15, 0.2) is 5.69 Å². The van der Waals surface area contributed by atoms with Crippen LogP contribution in [0, 0.1) is 0 Å². The highest BCUT2D eigenvalue weighted by molar-refractivity contribution is 6.00. The minimum Gasteiger partial charge on any atom is -1.00 e. The molecular formula is C28H50Cl6N6. The van der Waals surface area contributed by atoms with Gasteiger partial charge in [0.2, 0.25) is 11.0 Å². The number of aromatic nitrogens is 1. The van der Waals surface area contributed by atoms with Crippen molar-refractivity contribution >= 4 is 27.5 Å². The van der Waals surface area contributed by atoms with Gasteiger partial charge in [0.25, 0.3) is 0 Å². The maximum Gasteiger partial charge on any atom is 0.217 e. The van der Waals surface area contributed by atoms with Crippen LogP contribution in [0.25, 0.3) is 21.8 Å². The summed E-state index contributed by atoms with van der Waals surface area (Å²) in [5.74, 6) is 0. The van der Waals surface area contributed by atoms with E-state index in [1.807, 2.05) is 0 Å². The van der Waals surface area contributed by atoms with Crippen LogP contribution >= 0.6 is 0 Å². The molecule has 234 valence electrons. The lowest BCUT2D eigenvalue weighted by molar-refractivity contribution is -0.682. The maximum atomic E-state index is 3.89. The van der Waals surface area contributed by atoms with Crippen LogP contribution in [-0.4, -0.2) is 52.4 Å². The molecule has 0 unspecified atom stereocenters. The third-order valence-corrected chi connectivity index (χ3v) is 6.71. The summed E-state index contributed by atoms with van der Waals surface area (Å²) in [6, 6.07) is 17.3. The van der Waals surface area contributed by atoms with Gasteiger partial charge in [-0.05, 0) is 31.4 Å². The van der Waals surface area contributed by atoms with Crippen molar-refractivity contribution in [2.45, 2.75) is 44.9 Å². The topological polar surface area (TPSA) is 108 Å². The fourth-order valence-corrected chi connectivity index (χ4v) is 4.73. The summed E-state index contributed by atoms with van der Waals surface area (Å²) in [4.78, 5) is 3.58. The molecule has 0 spiro atoms. The number of aromatic amines is 1. The minimum absolute atomic E-state index is 0. The number of H-pyrrole nitrogens is 1. The van der Waals surface area contributed by atoms with Gasteiger partial charge in [-0.3, -0.25) is 0 Å². The Balaban J connectivity index is -0.00000108. The van der Waals surface area contributed by atoms with Crippen LogP contribution in [0.15, 0.2) is 48.5 Å². The zero-order chi connectivity index (χ0) is 23.7. The van der Waals surface area contributed by atoms with Crippen molar-refractivity contribution in [3.05, 3.63) is 48.5 Å². The number of hydrogen-bond donors (Lipinski definition) is 5. The van der Waals surface area contributed by atoms with E-state index in [2.05, 4.69) is 80.5 Å². The van der Waals surface area contributed by atoms with Gasteiger partial charge >= 0.3 is 0 Å². The molecule has 1 heterocycles.